The first-order chi connectivity index (χ1) is 8.12. The van der Waals surface area contributed by atoms with Crippen molar-refractivity contribution in [1.82, 2.24) is 0 Å². The van der Waals surface area contributed by atoms with Gasteiger partial charge in [-0.2, -0.15) is 5.26 Å². The first-order valence-corrected chi connectivity index (χ1v) is 5.41. The van der Waals surface area contributed by atoms with E-state index in [1.54, 1.807) is 19.1 Å². The highest BCUT2D eigenvalue weighted by molar-refractivity contribution is 5.73. The molecule has 0 aliphatic heterocycles. The van der Waals surface area contributed by atoms with Crippen molar-refractivity contribution in [2.75, 3.05) is 6.61 Å². The molecule has 0 atom stereocenters. The number of hydrogen-bond donors (Lipinski definition) is 1. The topological polar surface area (TPSA) is 70.3 Å². The van der Waals surface area contributed by atoms with Crippen LogP contribution >= 0.6 is 0 Å². The van der Waals surface area contributed by atoms with Crippen molar-refractivity contribution in [1.29, 1.82) is 5.26 Å². The standard InChI is InChI=1S/C13H15NO3/c1-3-17-13(16)6-12-9(2)4-10(7-14)5-11(12)8-15/h4-5,15H,3,6,8H2,1-2H3. The van der Waals surface area contributed by atoms with Gasteiger partial charge in [0.1, 0.15) is 0 Å². The van der Waals surface area contributed by atoms with Crippen molar-refractivity contribution < 1.29 is 14.6 Å². The summed E-state index contributed by atoms with van der Waals surface area (Å²) in [6, 6.07) is 5.32. The predicted molar refractivity (Wildman–Crippen MR) is 62.2 cm³/mol. The molecular formula is C13H15NO3. The van der Waals surface area contributed by atoms with E-state index in [0.29, 0.717) is 17.7 Å². The molecule has 17 heavy (non-hydrogen) atoms. The van der Waals surface area contributed by atoms with E-state index in [2.05, 4.69) is 0 Å². The van der Waals surface area contributed by atoms with Crippen molar-refractivity contribution in [3.63, 3.8) is 0 Å². The molecule has 0 bridgehead atoms. The summed E-state index contributed by atoms with van der Waals surface area (Å²) in [4.78, 5) is 11.4. The van der Waals surface area contributed by atoms with Gasteiger partial charge in [-0.3, -0.25) is 4.79 Å². The molecule has 0 radical (unpaired) electrons. The Kier molecular flexibility index (Phi) is 4.68. The van der Waals surface area contributed by atoms with Gasteiger partial charge in [0.05, 0.1) is 31.3 Å². The molecule has 1 N–H and O–H groups in total. The molecule has 1 rings (SSSR count). The maximum absolute atomic E-state index is 11.4. The normalized spacial score (nSPS) is 9.76. The van der Waals surface area contributed by atoms with Gasteiger partial charge in [-0.25, -0.2) is 0 Å². The van der Waals surface area contributed by atoms with Crippen molar-refractivity contribution in [2.24, 2.45) is 0 Å². The average molecular weight is 233 g/mol. The first kappa shape index (κ1) is 13.2. The number of ether oxygens (including phenoxy) is 1. The fraction of sp³-hybridized carbons (Fsp3) is 0.385. The van der Waals surface area contributed by atoms with Gasteiger partial charge in [0.25, 0.3) is 0 Å². The molecule has 0 aliphatic carbocycles. The van der Waals surface area contributed by atoms with Crippen LogP contribution in [0.5, 0.6) is 0 Å². The minimum absolute atomic E-state index is 0.126. The number of aryl methyl sites for hydroxylation is 1. The van der Waals surface area contributed by atoms with E-state index in [9.17, 15) is 9.90 Å². The minimum atomic E-state index is -0.324. The lowest BCUT2D eigenvalue weighted by Crippen LogP contribution is -2.11. The largest absolute Gasteiger partial charge is 0.466 e. The number of carbonyl (C=O) groups excluding carboxylic acids is 1. The number of hydrogen-bond acceptors (Lipinski definition) is 4. The van der Waals surface area contributed by atoms with Crippen molar-refractivity contribution in [3.05, 3.63) is 34.4 Å². The van der Waals surface area contributed by atoms with Gasteiger partial charge < -0.3 is 9.84 Å². The zero-order valence-electron chi connectivity index (χ0n) is 9.99. The van der Waals surface area contributed by atoms with E-state index in [1.165, 1.54) is 0 Å². The number of esters is 1. The highest BCUT2D eigenvalue weighted by Crippen LogP contribution is 2.18. The van der Waals surface area contributed by atoms with E-state index >= 15 is 0 Å². The third kappa shape index (κ3) is 3.30. The van der Waals surface area contributed by atoms with Gasteiger partial charge in [0, 0.05) is 0 Å². The summed E-state index contributed by atoms with van der Waals surface area (Å²) < 4.78 is 4.87. The summed E-state index contributed by atoms with van der Waals surface area (Å²) in [6.07, 6.45) is 0.126. The Hall–Kier alpha value is -1.86. The van der Waals surface area contributed by atoms with Gasteiger partial charge in [-0.05, 0) is 42.7 Å². The lowest BCUT2D eigenvalue weighted by Gasteiger charge is -2.11. The molecule has 1 aromatic rings. The Labute approximate surface area is 100 Å². The zero-order valence-corrected chi connectivity index (χ0v) is 9.99. The maximum atomic E-state index is 11.4. The van der Waals surface area contributed by atoms with E-state index in [-0.39, 0.29) is 19.0 Å². The quantitative estimate of drug-likeness (QED) is 0.799. The summed E-state index contributed by atoms with van der Waals surface area (Å²) in [5, 5.41) is 18.1. The summed E-state index contributed by atoms with van der Waals surface area (Å²) in [5.74, 6) is -0.324. The van der Waals surface area contributed by atoms with Crippen molar-refractivity contribution in [2.45, 2.75) is 26.9 Å². The predicted octanol–water partition coefficient (Wildman–Crippen LogP) is 1.46. The summed E-state index contributed by atoms with van der Waals surface area (Å²) in [5.41, 5.74) is 2.65. The fourth-order valence-corrected chi connectivity index (χ4v) is 1.71. The second-order valence-electron chi connectivity index (χ2n) is 3.68. The van der Waals surface area contributed by atoms with Crippen LogP contribution in [0.4, 0.5) is 0 Å². The Morgan fingerprint density at radius 3 is 2.76 bits per heavy atom. The van der Waals surface area contributed by atoms with Crippen LogP contribution in [0, 0.1) is 18.3 Å². The molecule has 0 amide bonds. The number of nitrogens with zero attached hydrogens (tertiary/aromatic N) is 1. The van der Waals surface area contributed by atoms with Crippen LogP contribution in [0.3, 0.4) is 0 Å². The molecule has 0 aromatic heterocycles. The molecule has 90 valence electrons. The number of aliphatic hydroxyl groups excluding tert-OH is 1. The molecule has 4 nitrogen and oxygen atoms in total. The second-order valence-corrected chi connectivity index (χ2v) is 3.68. The molecule has 0 aliphatic rings. The molecule has 4 heteroatoms. The SMILES string of the molecule is CCOC(=O)Cc1c(C)cc(C#N)cc1CO. The third-order valence-corrected chi connectivity index (χ3v) is 2.49. The van der Waals surface area contributed by atoms with Crippen LogP contribution in [0.2, 0.25) is 0 Å². The Morgan fingerprint density at radius 2 is 2.24 bits per heavy atom. The summed E-state index contributed by atoms with van der Waals surface area (Å²) in [7, 11) is 0. The van der Waals surface area contributed by atoms with Crippen LogP contribution in [0.1, 0.15) is 29.2 Å². The molecule has 0 saturated carbocycles. The van der Waals surface area contributed by atoms with Crippen molar-refractivity contribution in [3.8, 4) is 6.07 Å². The van der Waals surface area contributed by atoms with Gasteiger partial charge in [0.2, 0.25) is 0 Å². The summed E-state index contributed by atoms with van der Waals surface area (Å²) in [6.45, 7) is 3.71. The molecule has 0 spiro atoms. The Bertz CT molecular complexity index is 460. The smallest absolute Gasteiger partial charge is 0.310 e. The Morgan fingerprint density at radius 1 is 1.53 bits per heavy atom. The minimum Gasteiger partial charge on any atom is -0.466 e. The van der Waals surface area contributed by atoms with Crippen LogP contribution in [-0.2, 0) is 22.6 Å². The van der Waals surface area contributed by atoms with Crippen LogP contribution in [-0.4, -0.2) is 17.7 Å². The molecule has 0 fully saturated rings. The average Bonchev–Trinajstić information content (AvgIpc) is 2.31. The van der Waals surface area contributed by atoms with E-state index in [0.717, 1.165) is 11.1 Å². The molecule has 0 heterocycles. The van der Waals surface area contributed by atoms with Crippen LogP contribution < -0.4 is 0 Å². The fourth-order valence-electron chi connectivity index (χ4n) is 1.71. The van der Waals surface area contributed by atoms with Crippen molar-refractivity contribution >= 4 is 5.97 Å². The third-order valence-electron chi connectivity index (χ3n) is 2.49. The second kappa shape index (κ2) is 6.02. The van der Waals surface area contributed by atoms with Gasteiger partial charge in [0.15, 0.2) is 0 Å². The molecular weight excluding hydrogens is 218 g/mol. The van der Waals surface area contributed by atoms with Crippen LogP contribution in [0.15, 0.2) is 12.1 Å². The van der Waals surface area contributed by atoms with Gasteiger partial charge in [-0.1, -0.05) is 0 Å². The molecule has 0 saturated heterocycles. The highest BCUT2D eigenvalue weighted by atomic mass is 16.5. The summed E-state index contributed by atoms with van der Waals surface area (Å²) >= 11 is 0. The Balaban J connectivity index is 3.06. The number of nitriles is 1. The highest BCUT2D eigenvalue weighted by Gasteiger charge is 2.12. The number of carbonyl (C=O) groups is 1. The zero-order chi connectivity index (χ0) is 12.8. The van der Waals surface area contributed by atoms with E-state index in [1.807, 2.05) is 13.0 Å². The monoisotopic (exact) mass is 233 g/mol. The lowest BCUT2D eigenvalue weighted by atomic mass is 9.97. The molecule has 1 aromatic carbocycles. The molecule has 0 unspecified atom stereocenters. The maximum Gasteiger partial charge on any atom is 0.310 e. The van der Waals surface area contributed by atoms with E-state index < -0.39 is 0 Å². The first-order valence-electron chi connectivity index (χ1n) is 5.41. The number of aliphatic hydroxyl groups is 1. The van der Waals surface area contributed by atoms with Crippen LogP contribution in [0.25, 0.3) is 0 Å². The number of benzene rings is 1. The van der Waals surface area contributed by atoms with Gasteiger partial charge >= 0.3 is 5.97 Å². The van der Waals surface area contributed by atoms with E-state index in [4.69, 9.17) is 10.00 Å². The number of rotatable bonds is 4. The lowest BCUT2D eigenvalue weighted by molar-refractivity contribution is -0.142. The van der Waals surface area contributed by atoms with Gasteiger partial charge in [-0.15, -0.1) is 0 Å².